The number of benzene rings is 1. The lowest BCUT2D eigenvalue weighted by atomic mass is 9.51. The van der Waals surface area contributed by atoms with Crippen molar-refractivity contribution in [3.8, 4) is 11.3 Å². The molecular weight excluding hydrogens is 369 g/mol. The fourth-order valence-corrected chi connectivity index (χ4v) is 6.50. The molecule has 3 nitrogen and oxygen atoms in total. The van der Waals surface area contributed by atoms with E-state index in [2.05, 4.69) is 5.32 Å². The van der Waals surface area contributed by atoms with Gasteiger partial charge in [0.2, 0.25) is 0 Å². The number of hydrogen-bond acceptors (Lipinski definition) is 3. The highest BCUT2D eigenvalue weighted by Crippen LogP contribution is 2.57. The third kappa shape index (κ3) is 2.99. The van der Waals surface area contributed by atoms with Crippen LogP contribution in [0.5, 0.6) is 0 Å². The van der Waals surface area contributed by atoms with Gasteiger partial charge in [0.1, 0.15) is 11.5 Å². The van der Waals surface area contributed by atoms with Gasteiger partial charge in [-0.3, -0.25) is 0 Å². The largest absolute Gasteiger partial charge is 0.460 e. The average Bonchev–Trinajstić information content (AvgIpc) is 2.99. The van der Waals surface area contributed by atoms with Gasteiger partial charge in [-0.2, -0.15) is 0 Å². The molecule has 2 aromatic rings. The van der Waals surface area contributed by atoms with Crippen LogP contribution in [0, 0.1) is 11.8 Å². The van der Waals surface area contributed by atoms with Crippen molar-refractivity contribution in [2.75, 3.05) is 0 Å². The summed E-state index contributed by atoms with van der Waals surface area (Å²) in [6.07, 6.45) is 6.53. The molecule has 2 atom stereocenters. The predicted octanol–water partition coefficient (Wildman–Crippen LogP) is 5.43. The van der Waals surface area contributed by atoms with Crippen LogP contribution in [0.3, 0.4) is 0 Å². The van der Waals surface area contributed by atoms with Gasteiger partial charge >= 0.3 is 0 Å². The van der Waals surface area contributed by atoms with E-state index in [4.69, 9.17) is 27.6 Å². The topological polar surface area (TPSA) is 45.4 Å². The van der Waals surface area contributed by atoms with Gasteiger partial charge in [-0.25, -0.2) is 0 Å². The molecule has 0 radical (unpaired) electrons. The Balaban J connectivity index is 1.32. The van der Waals surface area contributed by atoms with Gasteiger partial charge < -0.3 is 14.8 Å². The Morgan fingerprint density at radius 3 is 2.54 bits per heavy atom. The Morgan fingerprint density at radius 1 is 1.08 bits per heavy atom. The summed E-state index contributed by atoms with van der Waals surface area (Å²) in [5.74, 6) is 3.00. The minimum Gasteiger partial charge on any atom is -0.460 e. The van der Waals surface area contributed by atoms with E-state index in [1.807, 2.05) is 24.3 Å². The van der Waals surface area contributed by atoms with Gasteiger partial charge in [0, 0.05) is 16.1 Å². The van der Waals surface area contributed by atoms with Gasteiger partial charge in [-0.1, -0.05) is 23.2 Å². The summed E-state index contributed by atoms with van der Waals surface area (Å²) in [7, 11) is 0. The van der Waals surface area contributed by atoms with Crippen LogP contribution in [0.4, 0.5) is 0 Å². The molecule has 4 bridgehead atoms. The maximum atomic E-state index is 10.9. The predicted molar refractivity (Wildman–Crippen MR) is 103 cm³/mol. The van der Waals surface area contributed by atoms with Crippen LogP contribution in [0.1, 0.15) is 44.3 Å². The van der Waals surface area contributed by atoms with Gasteiger partial charge in [0.25, 0.3) is 0 Å². The van der Waals surface area contributed by atoms with Gasteiger partial charge in [0.15, 0.2) is 0 Å². The zero-order valence-corrected chi connectivity index (χ0v) is 16.1. The maximum Gasteiger partial charge on any atom is 0.135 e. The molecule has 2 unspecified atom stereocenters. The van der Waals surface area contributed by atoms with E-state index in [9.17, 15) is 5.11 Å². The van der Waals surface area contributed by atoms with E-state index in [0.29, 0.717) is 28.4 Å². The first-order valence-corrected chi connectivity index (χ1v) is 10.2. The SMILES string of the molecule is OC12CC3CC(C1)CC(NCc1ccc(-c4ccc(Cl)cc4Cl)o1)(C3)C2. The Bertz CT molecular complexity index is 832. The first-order valence-electron chi connectivity index (χ1n) is 9.44. The van der Waals surface area contributed by atoms with Crippen LogP contribution in [0.25, 0.3) is 11.3 Å². The highest BCUT2D eigenvalue weighted by atomic mass is 35.5. The lowest BCUT2D eigenvalue weighted by Crippen LogP contribution is -2.64. The third-order valence-electron chi connectivity index (χ3n) is 6.53. The summed E-state index contributed by atoms with van der Waals surface area (Å²) >= 11 is 12.3. The molecule has 5 heteroatoms. The summed E-state index contributed by atoms with van der Waals surface area (Å²) in [5, 5.41) is 15.8. The highest BCUT2D eigenvalue weighted by molar-refractivity contribution is 6.36. The zero-order valence-electron chi connectivity index (χ0n) is 14.6. The minimum atomic E-state index is -0.442. The summed E-state index contributed by atoms with van der Waals surface area (Å²) in [6.45, 7) is 0.681. The van der Waals surface area contributed by atoms with Gasteiger partial charge in [-0.15, -0.1) is 0 Å². The smallest absolute Gasteiger partial charge is 0.135 e. The number of rotatable bonds is 4. The molecule has 4 fully saturated rings. The molecule has 1 heterocycles. The summed E-state index contributed by atoms with van der Waals surface area (Å²) in [5.41, 5.74) is 0.484. The second-order valence-electron chi connectivity index (χ2n) is 8.71. The number of aliphatic hydroxyl groups is 1. The maximum absolute atomic E-state index is 10.9. The van der Waals surface area contributed by atoms with E-state index in [1.54, 1.807) is 6.07 Å². The normalized spacial score (nSPS) is 35.2. The molecule has 0 aliphatic heterocycles. The minimum absolute atomic E-state index is 0.0731. The molecule has 4 aliphatic rings. The van der Waals surface area contributed by atoms with E-state index in [0.717, 1.165) is 36.3 Å². The zero-order chi connectivity index (χ0) is 17.9. The lowest BCUT2D eigenvalue weighted by Gasteiger charge is -2.60. The molecule has 2 N–H and O–H groups in total. The van der Waals surface area contributed by atoms with Crippen molar-refractivity contribution in [3.63, 3.8) is 0 Å². The number of halogens is 2. The molecule has 26 heavy (non-hydrogen) atoms. The Hall–Kier alpha value is -1.00. The number of hydrogen-bond donors (Lipinski definition) is 2. The summed E-state index contributed by atoms with van der Waals surface area (Å²) in [4.78, 5) is 0. The van der Waals surface area contributed by atoms with Crippen molar-refractivity contribution >= 4 is 23.2 Å². The fraction of sp³-hybridized carbons (Fsp3) is 0.524. The highest BCUT2D eigenvalue weighted by Gasteiger charge is 2.56. The van der Waals surface area contributed by atoms with E-state index in [-0.39, 0.29) is 5.54 Å². The number of furan rings is 1. The fourth-order valence-electron chi connectivity index (χ4n) is 6.00. The third-order valence-corrected chi connectivity index (χ3v) is 7.07. The molecule has 1 aromatic heterocycles. The van der Waals surface area contributed by atoms with Crippen LogP contribution in [-0.4, -0.2) is 16.2 Å². The second-order valence-corrected chi connectivity index (χ2v) is 9.55. The molecule has 0 spiro atoms. The number of nitrogens with one attached hydrogen (secondary N) is 1. The molecule has 6 rings (SSSR count). The first-order chi connectivity index (χ1) is 12.4. The van der Waals surface area contributed by atoms with Crippen LogP contribution in [0.2, 0.25) is 10.0 Å². The van der Waals surface area contributed by atoms with Crippen LogP contribution >= 0.6 is 23.2 Å². The average molecular weight is 392 g/mol. The standard InChI is InChI=1S/C21H23Cl2NO2/c22-15-1-3-17(18(23)6-15)19-4-2-16(26-19)11-24-20-7-13-5-14(8-20)10-21(25,9-13)12-20/h1-4,6,13-14,24-25H,5,7-12H2. The molecule has 0 amide bonds. The van der Waals surface area contributed by atoms with E-state index >= 15 is 0 Å². The molecule has 138 valence electrons. The Morgan fingerprint density at radius 2 is 1.85 bits per heavy atom. The van der Waals surface area contributed by atoms with Crippen molar-refractivity contribution in [1.29, 1.82) is 0 Å². The Kier molecular flexibility index (Phi) is 3.95. The van der Waals surface area contributed by atoms with Crippen molar-refractivity contribution in [1.82, 2.24) is 5.32 Å². The van der Waals surface area contributed by atoms with Crippen molar-refractivity contribution in [2.45, 2.75) is 56.2 Å². The molecule has 0 saturated heterocycles. The molecular formula is C21H23Cl2NO2. The molecule has 4 saturated carbocycles. The summed E-state index contributed by atoms with van der Waals surface area (Å²) in [6, 6.07) is 9.39. The van der Waals surface area contributed by atoms with Gasteiger partial charge in [-0.05, 0) is 80.7 Å². The van der Waals surface area contributed by atoms with E-state index in [1.165, 1.54) is 19.3 Å². The monoisotopic (exact) mass is 391 g/mol. The van der Waals surface area contributed by atoms with Crippen molar-refractivity contribution in [3.05, 3.63) is 46.1 Å². The quantitative estimate of drug-likeness (QED) is 0.730. The molecule has 4 aliphatic carbocycles. The van der Waals surface area contributed by atoms with E-state index < -0.39 is 5.60 Å². The Labute approximate surface area is 163 Å². The van der Waals surface area contributed by atoms with Crippen LogP contribution < -0.4 is 5.32 Å². The lowest BCUT2D eigenvalue weighted by molar-refractivity contribution is -0.143. The first kappa shape index (κ1) is 17.1. The molecule has 1 aromatic carbocycles. The van der Waals surface area contributed by atoms with Crippen molar-refractivity contribution in [2.24, 2.45) is 11.8 Å². The van der Waals surface area contributed by atoms with Gasteiger partial charge in [0.05, 0.1) is 17.2 Å². The van der Waals surface area contributed by atoms with Crippen LogP contribution in [-0.2, 0) is 6.54 Å². The summed E-state index contributed by atoms with van der Waals surface area (Å²) < 4.78 is 6.03. The van der Waals surface area contributed by atoms with Crippen molar-refractivity contribution < 1.29 is 9.52 Å². The van der Waals surface area contributed by atoms with Crippen LogP contribution in [0.15, 0.2) is 34.7 Å². The second kappa shape index (κ2) is 6.00.